The van der Waals surface area contributed by atoms with Crippen molar-refractivity contribution >= 4 is 38.5 Å². The zero-order chi connectivity index (χ0) is 18.5. The minimum atomic E-state index is -0.331. The number of aromatic nitrogens is 1. The van der Waals surface area contributed by atoms with Crippen molar-refractivity contribution < 1.29 is 9.53 Å². The first-order valence-electron chi connectivity index (χ1n) is 9.23. The third-order valence-corrected chi connectivity index (χ3v) is 5.40. The van der Waals surface area contributed by atoms with Gasteiger partial charge in [-0.1, -0.05) is 27.6 Å². The summed E-state index contributed by atoms with van der Waals surface area (Å²) < 4.78 is 6.20. The third kappa shape index (κ3) is 4.44. The molecule has 0 saturated carbocycles. The quantitative estimate of drug-likeness (QED) is 0.499. The van der Waals surface area contributed by atoms with E-state index in [2.05, 4.69) is 39.2 Å². The predicted octanol–water partition coefficient (Wildman–Crippen LogP) is 5.72. The molecule has 2 aromatic rings. The van der Waals surface area contributed by atoms with Crippen LogP contribution in [0.25, 0.3) is 10.9 Å². The molecule has 1 aromatic carbocycles. The fourth-order valence-electron chi connectivity index (χ4n) is 3.41. The lowest BCUT2D eigenvalue weighted by Crippen LogP contribution is -2.17. The van der Waals surface area contributed by atoms with Gasteiger partial charge in [-0.2, -0.15) is 0 Å². The standard InChI is InChI=1S/C21H25BrN2O2/c1-3-26-21(25)18-13-23-19-10-9-16(22)11-17(19)20(18)24-12-15-6-4-5-14(2)7-8-15/h5,9-11,13,15H,3-4,6-8,12H2,1-2H3,(H,23,24). The summed E-state index contributed by atoms with van der Waals surface area (Å²) in [6.07, 6.45) is 8.60. The van der Waals surface area contributed by atoms with Gasteiger partial charge in [-0.05, 0) is 63.6 Å². The zero-order valence-corrected chi connectivity index (χ0v) is 16.9. The SMILES string of the molecule is CCOC(=O)c1cnc2ccc(Br)cc2c1NCC1CCC=C(C)CC1. The van der Waals surface area contributed by atoms with E-state index < -0.39 is 0 Å². The summed E-state index contributed by atoms with van der Waals surface area (Å²) in [5.74, 6) is 0.261. The number of hydrogen-bond acceptors (Lipinski definition) is 4. The minimum Gasteiger partial charge on any atom is -0.462 e. The van der Waals surface area contributed by atoms with Crippen molar-refractivity contribution in [1.82, 2.24) is 4.98 Å². The molecule has 138 valence electrons. The second-order valence-electron chi connectivity index (χ2n) is 6.84. The van der Waals surface area contributed by atoms with E-state index in [0.717, 1.165) is 40.4 Å². The number of nitrogens with one attached hydrogen (secondary N) is 1. The second kappa shape index (κ2) is 8.67. The molecule has 0 bridgehead atoms. The van der Waals surface area contributed by atoms with Crippen LogP contribution in [0.15, 0.2) is 40.5 Å². The topological polar surface area (TPSA) is 51.2 Å². The first-order chi connectivity index (χ1) is 12.6. The van der Waals surface area contributed by atoms with E-state index in [9.17, 15) is 4.79 Å². The van der Waals surface area contributed by atoms with E-state index in [-0.39, 0.29) is 5.97 Å². The van der Waals surface area contributed by atoms with E-state index in [1.54, 1.807) is 6.20 Å². The van der Waals surface area contributed by atoms with Gasteiger partial charge in [0.1, 0.15) is 5.56 Å². The van der Waals surface area contributed by atoms with Crippen LogP contribution in [0.1, 0.15) is 49.9 Å². The van der Waals surface area contributed by atoms with Crippen LogP contribution in [-0.2, 0) is 4.74 Å². The van der Waals surface area contributed by atoms with Crippen molar-refractivity contribution in [1.29, 1.82) is 0 Å². The van der Waals surface area contributed by atoms with Gasteiger partial charge < -0.3 is 10.1 Å². The summed E-state index contributed by atoms with van der Waals surface area (Å²) in [4.78, 5) is 16.9. The van der Waals surface area contributed by atoms with Crippen molar-refractivity contribution in [2.24, 2.45) is 5.92 Å². The van der Waals surface area contributed by atoms with Crippen molar-refractivity contribution in [2.75, 3.05) is 18.5 Å². The second-order valence-corrected chi connectivity index (χ2v) is 7.76. The monoisotopic (exact) mass is 416 g/mol. The Hall–Kier alpha value is -1.88. The fourth-order valence-corrected chi connectivity index (χ4v) is 3.77. The highest BCUT2D eigenvalue weighted by Crippen LogP contribution is 2.30. The maximum absolute atomic E-state index is 12.4. The van der Waals surface area contributed by atoms with Gasteiger partial charge >= 0.3 is 5.97 Å². The number of halogens is 1. The molecule has 1 heterocycles. The zero-order valence-electron chi connectivity index (χ0n) is 15.3. The number of anilines is 1. The minimum absolute atomic E-state index is 0.331. The molecular formula is C21H25BrN2O2. The lowest BCUT2D eigenvalue weighted by molar-refractivity contribution is 0.0527. The number of carbonyl (C=O) groups excluding carboxylic acids is 1. The Kier molecular flexibility index (Phi) is 6.30. The molecule has 1 aliphatic carbocycles. The molecule has 0 radical (unpaired) electrons. The van der Waals surface area contributed by atoms with Crippen LogP contribution < -0.4 is 5.32 Å². The average Bonchev–Trinajstić information content (AvgIpc) is 2.84. The highest BCUT2D eigenvalue weighted by molar-refractivity contribution is 9.10. The Balaban J connectivity index is 1.89. The first-order valence-corrected chi connectivity index (χ1v) is 10.0. The van der Waals surface area contributed by atoms with Gasteiger partial charge in [-0.25, -0.2) is 4.79 Å². The number of hydrogen-bond donors (Lipinski definition) is 1. The van der Waals surface area contributed by atoms with Gasteiger partial charge in [-0.3, -0.25) is 4.98 Å². The van der Waals surface area contributed by atoms with Crippen LogP contribution in [0, 0.1) is 5.92 Å². The fraction of sp³-hybridized carbons (Fsp3) is 0.429. The molecule has 0 saturated heterocycles. The van der Waals surface area contributed by atoms with Gasteiger partial charge in [0.25, 0.3) is 0 Å². The number of fused-ring (bicyclic) bond motifs is 1. The number of ether oxygens (including phenoxy) is 1. The van der Waals surface area contributed by atoms with Gasteiger partial charge in [0.2, 0.25) is 0 Å². The molecule has 4 nitrogen and oxygen atoms in total. The molecule has 0 amide bonds. The Morgan fingerprint density at radius 3 is 3.04 bits per heavy atom. The Morgan fingerprint density at radius 1 is 1.38 bits per heavy atom. The summed E-state index contributed by atoms with van der Waals surface area (Å²) in [5.41, 5.74) is 3.67. The van der Waals surface area contributed by atoms with Crippen molar-refractivity contribution in [3.8, 4) is 0 Å². The van der Waals surface area contributed by atoms with E-state index in [4.69, 9.17) is 4.74 Å². The first kappa shape index (κ1) is 18.9. The van der Waals surface area contributed by atoms with Gasteiger partial charge in [-0.15, -0.1) is 0 Å². The summed E-state index contributed by atoms with van der Waals surface area (Å²) in [5, 5.41) is 4.49. The van der Waals surface area contributed by atoms with E-state index in [0.29, 0.717) is 18.1 Å². The lowest BCUT2D eigenvalue weighted by atomic mass is 9.98. The molecule has 1 atom stereocenters. The Bertz CT molecular complexity index is 832. The molecule has 1 aromatic heterocycles. The summed E-state index contributed by atoms with van der Waals surface area (Å²) in [6, 6.07) is 5.92. The highest BCUT2D eigenvalue weighted by atomic mass is 79.9. The average molecular weight is 417 g/mol. The number of benzene rings is 1. The molecule has 1 N–H and O–H groups in total. The Morgan fingerprint density at radius 2 is 2.23 bits per heavy atom. The van der Waals surface area contributed by atoms with E-state index in [1.165, 1.54) is 18.4 Å². The summed E-state index contributed by atoms with van der Waals surface area (Å²) in [6.45, 7) is 5.22. The molecular weight excluding hydrogens is 392 g/mol. The summed E-state index contributed by atoms with van der Waals surface area (Å²) >= 11 is 3.52. The molecule has 1 aliphatic rings. The normalized spacial score (nSPS) is 17.5. The molecule has 3 rings (SSSR count). The largest absolute Gasteiger partial charge is 0.462 e. The van der Waals surface area contributed by atoms with Gasteiger partial charge in [0, 0.05) is 22.6 Å². The number of nitrogens with zero attached hydrogens (tertiary/aromatic N) is 1. The molecule has 5 heteroatoms. The molecule has 1 unspecified atom stereocenters. The van der Waals surface area contributed by atoms with Crippen molar-refractivity contribution in [3.63, 3.8) is 0 Å². The number of allylic oxidation sites excluding steroid dienone is 2. The number of rotatable bonds is 5. The molecule has 26 heavy (non-hydrogen) atoms. The molecule has 0 fully saturated rings. The van der Waals surface area contributed by atoms with Crippen LogP contribution in [0.4, 0.5) is 5.69 Å². The number of pyridine rings is 1. The molecule has 0 spiro atoms. The Labute approximate surface area is 163 Å². The third-order valence-electron chi connectivity index (χ3n) is 4.91. The van der Waals surface area contributed by atoms with Crippen LogP contribution >= 0.6 is 15.9 Å². The van der Waals surface area contributed by atoms with Crippen LogP contribution in [0.2, 0.25) is 0 Å². The van der Waals surface area contributed by atoms with Crippen molar-refractivity contribution in [2.45, 2.75) is 39.5 Å². The predicted molar refractivity (Wildman–Crippen MR) is 110 cm³/mol. The van der Waals surface area contributed by atoms with Gasteiger partial charge in [0.05, 0.1) is 17.8 Å². The molecule has 0 aliphatic heterocycles. The van der Waals surface area contributed by atoms with E-state index in [1.807, 2.05) is 25.1 Å². The van der Waals surface area contributed by atoms with Crippen LogP contribution in [-0.4, -0.2) is 24.1 Å². The van der Waals surface area contributed by atoms with Crippen LogP contribution in [0.3, 0.4) is 0 Å². The number of carbonyl (C=O) groups is 1. The van der Waals surface area contributed by atoms with E-state index >= 15 is 0 Å². The maximum Gasteiger partial charge on any atom is 0.341 e. The van der Waals surface area contributed by atoms with Gasteiger partial charge in [0.15, 0.2) is 0 Å². The van der Waals surface area contributed by atoms with Crippen LogP contribution in [0.5, 0.6) is 0 Å². The number of esters is 1. The maximum atomic E-state index is 12.4. The summed E-state index contributed by atoms with van der Waals surface area (Å²) in [7, 11) is 0. The smallest absolute Gasteiger partial charge is 0.341 e. The highest BCUT2D eigenvalue weighted by Gasteiger charge is 2.19. The lowest BCUT2D eigenvalue weighted by Gasteiger charge is -2.19. The van der Waals surface area contributed by atoms with Crippen molar-refractivity contribution in [3.05, 3.63) is 46.1 Å².